The first-order valence-electron chi connectivity index (χ1n) is 9.10. The second-order valence-corrected chi connectivity index (χ2v) is 6.67. The molecule has 0 unspecified atom stereocenters. The van der Waals surface area contributed by atoms with Crippen LogP contribution in [0.4, 0.5) is 11.4 Å². The Labute approximate surface area is 164 Å². The van der Waals surface area contributed by atoms with Gasteiger partial charge < -0.3 is 14.8 Å². The van der Waals surface area contributed by atoms with Crippen molar-refractivity contribution in [2.45, 2.75) is 13.1 Å². The number of methoxy groups -OCH3 is 2. The Bertz CT molecular complexity index is 1030. The van der Waals surface area contributed by atoms with Gasteiger partial charge in [0, 0.05) is 28.6 Å². The van der Waals surface area contributed by atoms with Gasteiger partial charge in [0.05, 0.1) is 14.2 Å². The van der Waals surface area contributed by atoms with E-state index in [0.717, 1.165) is 22.5 Å². The fraction of sp³-hybridized carbons (Fsp3) is 0.174. The minimum absolute atomic E-state index is 0.0112. The van der Waals surface area contributed by atoms with Crippen molar-refractivity contribution in [3.63, 3.8) is 0 Å². The standard InChI is InChI=1S/C23H22N2O3/c1-15-8-4-7-11-19(15)25-22(17-9-5-6-10-18(17)23(25)26)24-16-12-13-20(27-2)21(14-16)28-3/h4-14,22,24H,1-3H3/t22-/m0/s1. The van der Waals surface area contributed by atoms with Gasteiger partial charge in [-0.05, 0) is 36.8 Å². The molecule has 1 aliphatic heterocycles. The lowest BCUT2D eigenvalue weighted by Gasteiger charge is -2.28. The Morgan fingerprint density at radius 2 is 1.61 bits per heavy atom. The molecule has 142 valence electrons. The van der Waals surface area contributed by atoms with Crippen LogP contribution >= 0.6 is 0 Å². The number of hydrogen-bond acceptors (Lipinski definition) is 4. The molecule has 0 bridgehead atoms. The molecule has 0 spiro atoms. The number of ether oxygens (including phenoxy) is 2. The minimum atomic E-state index is -0.317. The molecule has 5 nitrogen and oxygen atoms in total. The number of amides is 1. The number of para-hydroxylation sites is 1. The summed E-state index contributed by atoms with van der Waals surface area (Å²) in [5.74, 6) is 1.28. The van der Waals surface area contributed by atoms with E-state index >= 15 is 0 Å². The van der Waals surface area contributed by atoms with E-state index in [2.05, 4.69) is 5.32 Å². The van der Waals surface area contributed by atoms with Gasteiger partial charge in [0.1, 0.15) is 6.17 Å². The third kappa shape index (κ3) is 2.95. The van der Waals surface area contributed by atoms with Crippen LogP contribution < -0.4 is 19.7 Å². The van der Waals surface area contributed by atoms with Gasteiger partial charge in [-0.2, -0.15) is 0 Å². The lowest BCUT2D eigenvalue weighted by atomic mass is 10.1. The zero-order valence-corrected chi connectivity index (χ0v) is 16.1. The summed E-state index contributed by atoms with van der Waals surface area (Å²) in [6.07, 6.45) is -0.317. The number of fused-ring (bicyclic) bond motifs is 1. The molecule has 5 heteroatoms. The second kappa shape index (κ2) is 7.27. The van der Waals surface area contributed by atoms with Crippen LogP contribution in [0.15, 0.2) is 66.7 Å². The van der Waals surface area contributed by atoms with Gasteiger partial charge in [0.2, 0.25) is 0 Å². The molecule has 0 aliphatic carbocycles. The number of hydrogen-bond donors (Lipinski definition) is 1. The molecule has 0 aromatic heterocycles. The minimum Gasteiger partial charge on any atom is -0.493 e. The summed E-state index contributed by atoms with van der Waals surface area (Å²) < 4.78 is 10.7. The van der Waals surface area contributed by atoms with Crippen LogP contribution in [0, 0.1) is 6.92 Å². The molecule has 1 N–H and O–H groups in total. The summed E-state index contributed by atoms with van der Waals surface area (Å²) in [6.45, 7) is 2.01. The average molecular weight is 374 g/mol. The van der Waals surface area contributed by atoms with Crippen molar-refractivity contribution in [2.24, 2.45) is 0 Å². The Hall–Kier alpha value is -3.47. The molecule has 1 atom stereocenters. The van der Waals surface area contributed by atoms with Gasteiger partial charge in [-0.3, -0.25) is 9.69 Å². The van der Waals surface area contributed by atoms with Gasteiger partial charge >= 0.3 is 0 Å². The lowest BCUT2D eigenvalue weighted by molar-refractivity contribution is 0.0993. The zero-order valence-electron chi connectivity index (χ0n) is 16.1. The predicted octanol–water partition coefficient (Wildman–Crippen LogP) is 4.78. The topological polar surface area (TPSA) is 50.8 Å². The Kier molecular flexibility index (Phi) is 4.65. The normalized spacial score (nSPS) is 15.3. The van der Waals surface area contributed by atoms with E-state index in [9.17, 15) is 4.79 Å². The summed E-state index contributed by atoms with van der Waals surface area (Å²) >= 11 is 0. The molecule has 3 aromatic rings. The highest BCUT2D eigenvalue weighted by Gasteiger charge is 2.38. The Morgan fingerprint density at radius 3 is 2.36 bits per heavy atom. The van der Waals surface area contributed by atoms with E-state index in [0.29, 0.717) is 17.1 Å². The fourth-order valence-electron chi connectivity index (χ4n) is 3.62. The van der Waals surface area contributed by atoms with E-state index in [-0.39, 0.29) is 12.1 Å². The van der Waals surface area contributed by atoms with Crippen LogP contribution in [0.5, 0.6) is 11.5 Å². The number of rotatable bonds is 5. The molecule has 1 aliphatic rings. The van der Waals surface area contributed by atoms with Gasteiger partial charge in [-0.15, -0.1) is 0 Å². The van der Waals surface area contributed by atoms with Crippen molar-refractivity contribution in [3.05, 3.63) is 83.4 Å². The summed E-state index contributed by atoms with van der Waals surface area (Å²) in [7, 11) is 3.21. The zero-order chi connectivity index (χ0) is 19.7. The van der Waals surface area contributed by atoms with Crippen molar-refractivity contribution in [1.29, 1.82) is 0 Å². The van der Waals surface area contributed by atoms with Crippen LogP contribution in [0.1, 0.15) is 27.7 Å². The highest BCUT2D eigenvalue weighted by molar-refractivity contribution is 6.11. The van der Waals surface area contributed by atoms with Crippen LogP contribution in [0.25, 0.3) is 0 Å². The first-order valence-corrected chi connectivity index (χ1v) is 9.10. The number of benzene rings is 3. The molecule has 3 aromatic carbocycles. The maximum atomic E-state index is 13.2. The molecular weight excluding hydrogens is 352 g/mol. The van der Waals surface area contributed by atoms with Gasteiger partial charge in [-0.25, -0.2) is 0 Å². The molecule has 0 radical (unpaired) electrons. The third-order valence-electron chi connectivity index (χ3n) is 5.02. The molecule has 28 heavy (non-hydrogen) atoms. The average Bonchev–Trinajstić information content (AvgIpc) is 3.00. The molecule has 0 saturated heterocycles. The molecule has 0 saturated carbocycles. The fourth-order valence-corrected chi connectivity index (χ4v) is 3.62. The lowest BCUT2D eigenvalue weighted by Crippen LogP contribution is -2.32. The number of carbonyl (C=O) groups is 1. The van der Waals surface area contributed by atoms with Crippen LogP contribution in [0.3, 0.4) is 0 Å². The number of carbonyl (C=O) groups excluding carboxylic acids is 1. The molecular formula is C23H22N2O3. The number of anilines is 2. The molecule has 1 amide bonds. The maximum Gasteiger partial charge on any atom is 0.260 e. The van der Waals surface area contributed by atoms with Crippen LogP contribution in [-0.4, -0.2) is 20.1 Å². The Balaban J connectivity index is 1.78. The monoisotopic (exact) mass is 374 g/mol. The molecule has 1 heterocycles. The van der Waals surface area contributed by atoms with Crippen molar-refractivity contribution in [3.8, 4) is 11.5 Å². The van der Waals surface area contributed by atoms with Crippen molar-refractivity contribution >= 4 is 17.3 Å². The van der Waals surface area contributed by atoms with Crippen molar-refractivity contribution in [2.75, 3.05) is 24.4 Å². The maximum absolute atomic E-state index is 13.2. The van der Waals surface area contributed by atoms with Gasteiger partial charge in [-0.1, -0.05) is 36.4 Å². The van der Waals surface area contributed by atoms with E-state index in [1.54, 1.807) is 14.2 Å². The van der Waals surface area contributed by atoms with Crippen LogP contribution in [-0.2, 0) is 0 Å². The first kappa shape index (κ1) is 17.9. The summed E-state index contributed by atoms with van der Waals surface area (Å²) in [5, 5.41) is 3.50. The van der Waals surface area contributed by atoms with E-state index in [4.69, 9.17) is 9.47 Å². The summed E-state index contributed by atoms with van der Waals surface area (Å²) in [4.78, 5) is 15.0. The number of aryl methyl sites for hydroxylation is 1. The molecule has 4 rings (SSSR count). The highest BCUT2D eigenvalue weighted by Crippen LogP contribution is 2.40. The number of nitrogens with zero attached hydrogens (tertiary/aromatic N) is 1. The van der Waals surface area contributed by atoms with Gasteiger partial charge in [0.15, 0.2) is 11.5 Å². The van der Waals surface area contributed by atoms with Crippen molar-refractivity contribution in [1.82, 2.24) is 0 Å². The highest BCUT2D eigenvalue weighted by atomic mass is 16.5. The van der Waals surface area contributed by atoms with Crippen molar-refractivity contribution < 1.29 is 14.3 Å². The largest absolute Gasteiger partial charge is 0.493 e. The Morgan fingerprint density at radius 1 is 0.893 bits per heavy atom. The predicted molar refractivity (Wildman–Crippen MR) is 110 cm³/mol. The quantitative estimate of drug-likeness (QED) is 0.698. The first-order chi connectivity index (χ1) is 13.6. The third-order valence-corrected chi connectivity index (χ3v) is 5.02. The van der Waals surface area contributed by atoms with E-state index < -0.39 is 0 Å². The SMILES string of the molecule is COc1ccc(N[C@@H]2c3ccccc3C(=O)N2c2ccccc2C)cc1OC. The smallest absolute Gasteiger partial charge is 0.260 e. The van der Waals surface area contributed by atoms with Gasteiger partial charge in [0.25, 0.3) is 5.91 Å². The molecule has 0 fully saturated rings. The van der Waals surface area contributed by atoms with Crippen LogP contribution in [0.2, 0.25) is 0 Å². The summed E-state index contributed by atoms with van der Waals surface area (Å²) in [6, 6.07) is 21.3. The number of nitrogens with one attached hydrogen (secondary N) is 1. The van der Waals surface area contributed by atoms with E-state index in [1.165, 1.54) is 0 Å². The summed E-state index contributed by atoms with van der Waals surface area (Å²) in [5.41, 5.74) is 4.43. The second-order valence-electron chi connectivity index (χ2n) is 6.67. The van der Waals surface area contributed by atoms with E-state index in [1.807, 2.05) is 78.6 Å².